The summed E-state index contributed by atoms with van der Waals surface area (Å²) in [6.45, 7) is 2.40. The quantitative estimate of drug-likeness (QED) is 0.701. The summed E-state index contributed by atoms with van der Waals surface area (Å²) < 4.78 is 1.40. The van der Waals surface area contributed by atoms with E-state index in [0.717, 1.165) is 11.1 Å². The van der Waals surface area contributed by atoms with Crippen LogP contribution in [-0.2, 0) is 6.54 Å². The van der Waals surface area contributed by atoms with Gasteiger partial charge in [0.25, 0.3) is 5.56 Å². The molecule has 0 aliphatic carbocycles. The van der Waals surface area contributed by atoms with Gasteiger partial charge in [-0.15, -0.1) is 5.10 Å². The molecule has 2 aromatic carbocycles. The maximum Gasteiger partial charge on any atom is 0.277 e. The Balaban J connectivity index is 2.10. The van der Waals surface area contributed by atoms with Crippen LogP contribution >= 0.6 is 0 Å². The molecule has 0 fully saturated rings. The molecule has 1 aromatic heterocycles. The fourth-order valence-electron chi connectivity index (χ4n) is 2.05. The van der Waals surface area contributed by atoms with Crippen LogP contribution in [0, 0.1) is 6.92 Å². The van der Waals surface area contributed by atoms with Crippen LogP contribution < -0.4 is 5.56 Å². The highest BCUT2D eigenvalue weighted by molar-refractivity contribution is 5.77. The molecule has 19 heavy (non-hydrogen) atoms. The van der Waals surface area contributed by atoms with Crippen molar-refractivity contribution in [3.8, 4) is 0 Å². The first-order valence-corrected chi connectivity index (χ1v) is 6.12. The summed E-state index contributed by atoms with van der Waals surface area (Å²) in [5.74, 6) is 0. The van der Waals surface area contributed by atoms with Crippen molar-refractivity contribution in [2.45, 2.75) is 13.5 Å². The van der Waals surface area contributed by atoms with E-state index in [1.807, 2.05) is 55.5 Å². The van der Waals surface area contributed by atoms with Gasteiger partial charge in [-0.25, -0.2) is 4.68 Å². The predicted octanol–water partition coefficient (Wildman–Crippen LogP) is 2.15. The topological polar surface area (TPSA) is 47.8 Å². The molecule has 3 aromatic rings. The van der Waals surface area contributed by atoms with Crippen LogP contribution in [0.5, 0.6) is 0 Å². The van der Waals surface area contributed by atoms with Crippen molar-refractivity contribution in [1.29, 1.82) is 0 Å². The van der Waals surface area contributed by atoms with E-state index in [1.165, 1.54) is 4.68 Å². The van der Waals surface area contributed by atoms with Crippen molar-refractivity contribution in [3.63, 3.8) is 0 Å². The summed E-state index contributed by atoms with van der Waals surface area (Å²) in [7, 11) is 0. The van der Waals surface area contributed by atoms with Gasteiger partial charge < -0.3 is 0 Å². The number of nitrogens with zero attached hydrogens (tertiary/aromatic N) is 3. The maximum atomic E-state index is 12.3. The molecule has 0 spiro atoms. The summed E-state index contributed by atoms with van der Waals surface area (Å²) in [5.41, 5.74) is 2.62. The predicted molar refractivity (Wildman–Crippen MR) is 74.1 cm³/mol. The van der Waals surface area contributed by atoms with Gasteiger partial charge in [0.1, 0.15) is 5.52 Å². The standard InChI is InChI=1S/C15H13N3O/c1-11-7-8-14-13(9-11)15(19)18(17-16-14)10-12-5-3-2-4-6-12/h2-9H,10H2,1H3. The average Bonchev–Trinajstić information content (AvgIpc) is 2.44. The van der Waals surface area contributed by atoms with Gasteiger partial charge in [0, 0.05) is 0 Å². The minimum atomic E-state index is -0.0995. The monoisotopic (exact) mass is 251 g/mol. The zero-order valence-corrected chi connectivity index (χ0v) is 10.6. The Morgan fingerprint density at radius 3 is 2.68 bits per heavy atom. The van der Waals surface area contributed by atoms with E-state index < -0.39 is 0 Å². The molecule has 0 saturated carbocycles. The normalized spacial score (nSPS) is 10.8. The van der Waals surface area contributed by atoms with Crippen molar-refractivity contribution >= 4 is 10.9 Å². The van der Waals surface area contributed by atoms with Crippen molar-refractivity contribution in [3.05, 3.63) is 70.0 Å². The van der Waals surface area contributed by atoms with Gasteiger partial charge in [0.15, 0.2) is 0 Å². The van der Waals surface area contributed by atoms with Crippen molar-refractivity contribution in [1.82, 2.24) is 15.0 Å². The fraction of sp³-hybridized carbons (Fsp3) is 0.133. The maximum absolute atomic E-state index is 12.3. The third-order valence-electron chi connectivity index (χ3n) is 3.05. The van der Waals surface area contributed by atoms with Crippen molar-refractivity contribution in [2.75, 3.05) is 0 Å². The van der Waals surface area contributed by atoms with Crippen LogP contribution in [0.25, 0.3) is 10.9 Å². The molecule has 4 nitrogen and oxygen atoms in total. The van der Waals surface area contributed by atoms with Gasteiger partial charge in [0.05, 0.1) is 11.9 Å². The molecule has 0 N–H and O–H groups in total. The second-order valence-corrected chi connectivity index (χ2v) is 4.56. The van der Waals surface area contributed by atoms with E-state index in [4.69, 9.17) is 0 Å². The van der Waals surface area contributed by atoms with E-state index in [2.05, 4.69) is 10.3 Å². The second-order valence-electron chi connectivity index (χ2n) is 4.56. The number of aromatic nitrogens is 3. The van der Waals surface area contributed by atoms with Gasteiger partial charge in [-0.1, -0.05) is 47.2 Å². The highest BCUT2D eigenvalue weighted by Crippen LogP contribution is 2.08. The fourth-order valence-corrected chi connectivity index (χ4v) is 2.05. The number of hydrogen-bond donors (Lipinski definition) is 0. The molecule has 3 rings (SSSR count). The lowest BCUT2D eigenvalue weighted by atomic mass is 10.2. The SMILES string of the molecule is Cc1ccc2nnn(Cc3ccccc3)c(=O)c2c1. The lowest BCUT2D eigenvalue weighted by Crippen LogP contribution is -2.24. The molecule has 1 heterocycles. The Bertz CT molecular complexity index is 778. The smallest absolute Gasteiger partial charge is 0.267 e. The van der Waals surface area contributed by atoms with Crippen LogP contribution in [0.15, 0.2) is 53.3 Å². The molecule has 94 valence electrons. The second kappa shape index (κ2) is 4.65. The third-order valence-corrected chi connectivity index (χ3v) is 3.05. The molecule has 0 radical (unpaired) electrons. The van der Waals surface area contributed by atoms with Crippen LogP contribution in [-0.4, -0.2) is 15.0 Å². The van der Waals surface area contributed by atoms with Gasteiger partial charge >= 0.3 is 0 Å². The van der Waals surface area contributed by atoms with Gasteiger partial charge in [-0.3, -0.25) is 4.79 Å². The molecule has 4 heteroatoms. The van der Waals surface area contributed by atoms with Crippen LogP contribution in [0.1, 0.15) is 11.1 Å². The molecular formula is C15H13N3O. The first-order chi connectivity index (χ1) is 9.24. The summed E-state index contributed by atoms with van der Waals surface area (Å²) >= 11 is 0. The zero-order chi connectivity index (χ0) is 13.2. The summed E-state index contributed by atoms with van der Waals surface area (Å²) in [4.78, 5) is 12.3. The third kappa shape index (κ3) is 2.25. The lowest BCUT2D eigenvalue weighted by molar-refractivity contribution is 0.600. The highest BCUT2D eigenvalue weighted by atomic mass is 16.1. The van der Waals surface area contributed by atoms with Crippen LogP contribution in [0.2, 0.25) is 0 Å². The molecule has 0 unspecified atom stereocenters. The Kier molecular flexibility index (Phi) is 2.83. The molecule has 0 aliphatic rings. The summed E-state index contributed by atoms with van der Waals surface area (Å²) in [6, 6.07) is 15.4. The minimum Gasteiger partial charge on any atom is -0.267 e. The molecule has 0 saturated heterocycles. The number of aryl methyl sites for hydroxylation is 1. The Labute approximate surface area is 110 Å². The minimum absolute atomic E-state index is 0.0995. The van der Waals surface area contributed by atoms with Crippen LogP contribution in [0.3, 0.4) is 0 Å². The Hall–Kier alpha value is -2.49. The Morgan fingerprint density at radius 1 is 1.11 bits per heavy atom. The van der Waals surface area contributed by atoms with Crippen LogP contribution in [0.4, 0.5) is 0 Å². The van der Waals surface area contributed by atoms with E-state index >= 15 is 0 Å². The van der Waals surface area contributed by atoms with E-state index in [9.17, 15) is 4.79 Å². The van der Waals surface area contributed by atoms with Gasteiger partial charge in [-0.2, -0.15) is 0 Å². The number of fused-ring (bicyclic) bond motifs is 1. The van der Waals surface area contributed by atoms with Gasteiger partial charge in [0.2, 0.25) is 0 Å². The van der Waals surface area contributed by atoms with Crippen molar-refractivity contribution < 1.29 is 0 Å². The van der Waals surface area contributed by atoms with E-state index in [0.29, 0.717) is 17.4 Å². The lowest BCUT2D eigenvalue weighted by Gasteiger charge is -2.05. The number of benzene rings is 2. The van der Waals surface area contributed by atoms with Crippen molar-refractivity contribution in [2.24, 2.45) is 0 Å². The largest absolute Gasteiger partial charge is 0.277 e. The average molecular weight is 251 g/mol. The number of hydrogen-bond acceptors (Lipinski definition) is 3. The number of rotatable bonds is 2. The Morgan fingerprint density at radius 2 is 1.89 bits per heavy atom. The molecule has 0 amide bonds. The first-order valence-electron chi connectivity index (χ1n) is 6.12. The first kappa shape index (κ1) is 11.6. The van der Waals surface area contributed by atoms with E-state index in [-0.39, 0.29) is 5.56 Å². The summed E-state index contributed by atoms with van der Waals surface area (Å²) in [6.07, 6.45) is 0. The van der Waals surface area contributed by atoms with E-state index in [1.54, 1.807) is 0 Å². The van der Waals surface area contributed by atoms with Gasteiger partial charge in [-0.05, 0) is 24.6 Å². The molecule has 0 aliphatic heterocycles. The zero-order valence-electron chi connectivity index (χ0n) is 10.6. The highest BCUT2D eigenvalue weighted by Gasteiger charge is 2.06. The molecule has 0 bridgehead atoms. The molecule has 0 atom stereocenters. The molecular weight excluding hydrogens is 238 g/mol. The summed E-state index contributed by atoms with van der Waals surface area (Å²) in [5, 5.41) is 8.69.